The molecule has 0 atom stereocenters. The number of likely N-dealkylation sites (N-methyl/N-ethyl adjacent to an activating group) is 1. The molecule has 0 aliphatic rings. The molecule has 0 radical (unpaired) electrons. The molecule has 0 aromatic carbocycles. The maximum atomic E-state index is 12.5. The number of alkyl halides is 3. The minimum absolute atomic E-state index is 0.00730. The maximum absolute atomic E-state index is 12.5. The van der Waals surface area contributed by atoms with E-state index in [-0.39, 0.29) is 23.8 Å². The molecule has 1 heterocycles. The van der Waals surface area contributed by atoms with Crippen molar-refractivity contribution in [3.8, 4) is 0 Å². The van der Waals surface area contributed by atoms with Gasteiger partial charge in [-0.05, 0) is 27.0 Å². The average molecular weight is 442 g/mol. The van der Waals surface area contributed by atoms with Gasteiger partial charge in [-0.15, -0.1) is 0 Å². The molecule has 0 spiro atoms. The van der Waals surface area contributed by atoms with Crippen molar-refractivity contribution < 1.29 is 32.3 Å². The second-order valence-electron chi connectivity index (χ2n) is 6.47. The number of anilines is 1. The van der Waals surface area contributed by atoms with Crippen LogP contribution >= 0.6 is 23.1 Å². The van der Waals surface area contributed by atoms with Crippen LogP contribution < -0.4 is 10.6 Å². The zero-order chi connectivity index (χ0) is 21.7. The van der Waals surface area contributed by atoms with E-state index in [1.807, 2.05) is 0 Å². The van der Waals surface area contributed by atoms with Crippen LogP contribution in [0.5, 0.6) is 0 Å². The molecule has 2 N–H and O–H groups in total. The summed E-state index contributed by atoms with van der Waals surface area (Å²) >= 11 is 1.88. The monoisotopic (exact) mass is 442 g/mol. The van der Waals surface area contributed by atoms with E-state index in [0.717, 1.165) is 23.1 Å². The van der Waals surface area contributed by atoms with Crippen LogP contribution in [-0.2, 0) is 9.53 Å². The highest BCUT2D eigenvalue weighted by molar-refractivity contribution is 8.00. The Morgan fingerprint density at radius 3 is 2.36 bits per heavy atom. The van der Waals surface area contributed by atoms with Crippen molar-refractivity contribution in [2.45, 2.75) is 36.9 Å². The van der Waals surface area contributed by atoms with Crippen LogP contribution in [0, 0.1) is 0 Å². The topological polar surface area (TPSA) is 101 Å². The second kappa shape index (κ2) is 9.45. The van der Waals surface area contributed by atoms with Gasteiger partial charge in [-0.3, -0.25) is 9.59 Å². The van der Waals surface area contributed by atoms with Crippen molar-refractivity contribution in [3.63, 3.8) is 0 Å². The predicted molar refractivity (Wildman–Crippen MR) is 99.8 cm³/mol. The Kier molecular flexibility index (Phi) is 8.11. The Morgan fingerprint density at radius 1 is 1.25 bits per heavy atom. The first-order valence-corrected chi connectivity index (χ1v) is 9.94. The number of hydrogen-bond donors (Lipinski definition) is 2. The van der Waals surface area contributed by atoms with Gasteiger partial charge in [-0.1, -0.05) is 23.1 Å². The summed E-state index contributed by atoms with van der Waals surface area (Å²) in [5.74, 6) is -2.96. The normalized spacial score (nSPS) is 11.7. The molecule has 0 saturated carbocycles. The van der Waals surface area contributed by atoms with E-state index in [1.54, 1.807) is 32.3 Å². The lowest BCUT2D eigenvalue weighted by molar-refractivity contribution is -0.167. The molecule has 0 bridgehead atoms. The molecule has 0 unspecified atom stereocenters. The number of ether oxygens (including phenoxy) is 1. The summed E-state index contributed by atoms with van der Waals surface area (Å²) in [4.78, 5) is 40.4. The van der Waals surface area contributed by atoms with Gasteiger partial charge < -0.3 is 20.3 Å². The number of thioether (sulfide) groups is 1. The van der Waals surface area contributed by atoms with E-state index in [1.165, 1.54) is 11.9 Å². The molecule has 0 aliphatic carbocycles. The van der Waals surface area contributed by atoms with Gasteiger partial charge in [0, 0.05) is 20.1 Å². The minimum Gasteiger partial charge on any atom is -0.444 e. The van der Waals surface area contributed by atoms with E-state index in [0.29, 0.717) is 4.34 Å². The van der Waals surface area contributed by atoms with Crippen LogP contribution in [0.1, 0.15) is 31.3 Å². The minimum atomic E-state index is -5.09. The van der Waals surface area contributed by atoms with Crippen LogP contribution in [0.4, 0.5) is 23.0 Å². The molecular formula is C15H21F3N4O4S2. The molecule has 13 heteroatoms. The van der Waals surface area contributed by atoms with Crippen LogP contribution in [0.2, 0.25) is 0 Å². The number of amides is 3. The quantitative estimate of drug-likeness (QED) is 0.657. The lowest BCUT2D eigenvalue weighted by Crippen LogP contribution is -2.39. The van der Waals surface area contributed by atoms with Crippen LogP contribution in [0.3, 0.4) is 0 Å². The Balaban J connectivity index is 2.73. The Hall–Kier alpha value is -2.02. The molecule has 8 nitrogen and oxygen atoms in total. The standard InChI is InChI=1S/C15H21F3N4O4S2/c1-14(2,3)26-13(25)22(4)7-6-19-9(23)8-10(28-12(20-8)27-5)21-11(24)15(16,17)18/h6-7H2,1-5H3,(H,19,23)(H,21,24). The number of nitrogens with zero attached hydrogens (tertiary/aromatic N) is 2. The number of hydrogen-bond acceptors (Lipinski definition) is 7. The van der Waals surface area contributed by atoms with Crippen molar-refractivity contribution in [2.75, 3.05) is 31.7 Å². The van der Waals surface area contributed by atoms with Crippen molar-refractivity contribution in [2.24, 2.45) is 0 Å². The molecule has 1 aromatic rings. The van der Waals surface area contributed by atoms with E-state index in [4.69, 9.17) is 4.74 Å². The number of rotatable bonds is 6. The van der Waals surface area contributed by atoms with Gasteiger partial charge in [0.2, 0.25) is 0 Å². The molecule has 1 aromatic heterocycles. The predicted octanol–water partition coefficient (Wildman–Crippen LogP) is 2.96. The maximum Gasteiger partial charge on any atom is 0.471 e. The fourth-order valence-corrected chi connectivity index (χ4v) is 3.11. The number of carbonyl (C=O) groups is 3. The van der Waals surface area contributed by atoms with Gasteiger partial charge in [0.1, 0.15) is 10.6 Å². The first-order chi connectivity index (χ1) is 12.7. The molecule has 0 saturated heterocycles. The highest BCUT2D eigenvalue weighted by Crippen LogP contribution is 2.31. The van der Waals surface area contributed by atoms with Gasteiger partial charge in [-0.2, -0.15) is 13.2 Å². The fourth-order valence-electron chi connectivity index (χ4n) is 1.65. The molecular weight excluding hydrogens is 421 g/mol. The van der Waals surface area contributed by atoms with Crippen molar-refractivity contribution in [1.82, 2.24) is 15.2 Å². The number of nitrogens with one attached hydrogen (secondary N) is 2. The SMILES string of the molecule is CSc1nc(C(=O)NCCN(C)C(=O)OC(C)(C)C)c(NC(=O)C(F)(F)F)s1. The van der Waals surface area contributed by atoms with Crippen LogP contribution in [-0.4, -0.2) is 66.0 Å². The van der Waals surface area contributed by atoms with E-state index in [2.05, 4.69) is 10.3 Å². The van der Waals surface area contributed by atoms with Gasteiger partial charge in [-0.25, -0.2) is 9.78 Å². The number of thiazole rings is 1. The summed E-state index contributed by atoms with van der Waals surface area (Å²) in [7, 11) is 1.48. The van der Waals surface area contributed by atoms with E-state index in [9.17, 15) is 27.6 Å². The third-order valence-electron chi connectivity index (χ3n) is 2.92. The summed E-state index contributed by atoms with van der Waals surface area (Å²) in [6.45, 7) is 5.24. The molecule has 0 fully saturated rings. The zero-order valence-electron chi connectivity index (χ0n) is 15.9. The van der Waals surface area contributed by atoms with Crippen molar-refractivity contribution in [3.05, 3.63) is 5.69 Å². The Labute approximate surface area is 168 Å². The average Bonchev–Trinajstić information content (AvgIpc) is 2.95. The van der Waals surface area contributed by atoms with Crippen LogP contribution in [0.15, 0.2) is 4.34 Å². The Morgan fingerprint density at radius 2 is 1.86 bits per heavy atom. The van der Waals surface area contributed by atoms with Gasteiger partial charge in [0.15, 0.2) is 10.0 Å². The summed E-state index contributed by atoms with van der Waals surface area (Å²) in [5.41, 5.74) is -0.999. The summed E-state index contributed by atoms with van der Waals surface area (Å²) < 4.78 is 42.8. The molecule has 1 rings (SSSR count). The molecule has 158 valence electrons. The Bertz CT molecular complexity index is 732. The first kappa shape index (κ1) is 24.0. The number of carbonyl (C=O) groups excluding carboxylic acids is 3. The number of halogens is 3. The second-order valence-corrected chi connectivity index (χ2v) is 8.52. The highest BCUT2D eigenvalue weighted by atomic mass is 32.2. The molecule has 0 aliphatic heterocycles. The van der Waals surface area contributed by atoms with Gasteiger partial charge in [0.05, 0.1) is 0 Å². The third-order valence-corrected chi connectivity index (χ3v) is 4.88. The molecule has 28 heavy (non-hydrogen) atoms. The molecule has 3 amide bonds. The summed E-state index contributed by atoms with van der Waals surface area (Å²) in [6, 6.07) is 0. The number of aromatic nitrogens is 1. The lowest BCUT2D eigenvalue weighted by atomic mass is 10.2. The largest absolute Gasteiger partial charge is 0.471 e. The summed E-state index contributed by atoms with van der Waals surface area (Å²) in [6.07, 6.45) is -4.04. The lowest BCUT2D eigenvalue weighted by Gasteiger charge is -2.24. The highest BCUT2D eigenvalue weighted by Gasteiger charge is 2.39. The third kappa shape index (κ3) is 7.54. The van der Waals surface area contributed by atoms with Gasteiger partial charge >= 0.3 is 18.2 Å². The van der Waals surface area contributed by atoms with Crippen molar-refractivity contribution in [1.29, 1.82) is 0 Å². The van der Waals surface area contributed by atoms with Crippen molar-refractivity contribution >= 4 is 46.0 Å². The summed E-state index contributed by atoms with van der Waals surface area (Å²) in [5, 5.41) is 3.81. The van der Waals surface area contributed by atoms with Gasteiger partial charge in [0.25, 0.3) is 5.91 Å². The van der Waals surface area contributed by atoms with E-state index >= 15 is 0 Å². The zero-order valence-corrected chi connectivity index (χ0v) is 17.5. The van der Waals surface area contributed by atoms with Crippen LogP contribution in [0.25, 0.3) is 0 Å². The fraction of sp³-hybridized carbons (Fsp3) is 0.600. The first-order valence-electron chi connectivity index (χ1n) is 7.90. The van der Waals surface area contributed by atoms with E-state index < -0.39 is 29.7 Å². The smallest absolute Gasteiger partial charge is 0.444 e.